The number of rotatable bonds is 4. The first kappa shape index (κ1) is 11.3. The molecule has 0 spiro atoms. The van der Waals surface area contributed by atoms with Crippen LogP contribution in [0.25, 0.3) is 10.4 Å². The van der Waals surface area contributed by atoms with Gasteiger partial charge in [-0.15, -0.1) is 0 Å². The molecule has 4 heteroatoms. The number of hydrogen-bond acceptors (Lipinski definition) is 2. The summed E-state index contributed by atoms with van der Waals surface area (Å²) in [7, 11) is 0. The van der Waals surface area contributed by atoms with Gasteiger partial charge in [0, 0.05) is 18.0 Å². The van der Waals surface area contributed by atoms with Crippen molar-refractivity contribution in [3.05, 3.63) is 10.4 Å². The highest BCUT2D eigenvalue weighted by atomic mass is 15.2. The smallest absolute Gasteiger partial charge is 0.0270 e. The van der Waals surface area contributed by atoms with E-state index < -0.39 is 0 Å². The fraction of sp³-hybridized carbons (Fsp3) is 1.00. The molecule has 0 bridgehead atoms. The molecule has 1 rings (SSSR count). The molecular formula is C10H20N4. The summed E-state index contributed by atoms with van der Waals surface area (Å²) >= 11 is 0. The van der Waals surface area contributed by atoms with Crippen molar-refractivity contribution in [2.45, 2.75) is 33.1 Å². The molecule has 0 saturated carbocycles. The van der Waals surface area contributed by atoms with E-state index in [0.29, 0.717) is 12.0 Å². The third kappa shape index (κ3) is 3.99. The molecule has 0 aliphatic carbocycles. The van der Waals surface area contributed by atoms with Crippen LogP contribution in [0, 0.1) is 5.41 Å². The molecule has 0 atom stereocenters. The van der Waals surface area contributed by atoms with Gasteiger partial charge in [-0.25, -0.2) is 0 Å². The van der Waals surface area contributed by atoms with E-state index in [2.05, 4.69) is 28.8 Å². The minimum atomic E-state index is 0.469. The third-order valence-electron chi connectivity index (χ3n) is 2.78. The van der Waals surface area contributed by atoms with E-state index in [9.17, 15) is 0 Å². The first-order chi connectivity index (χ1) is 6.64. The van der Waals surface area contributed by atoms with Crippen molar-refractivity contribution >= 4 is 0 Å². The van der Waals surface area contributed by atoms with Crippen LogP contribution in [-0.4, -0.2) is 31.1 Å². The molecule has 14 heavy (non-hydrogen) atoms. The van der Waals surface area contributed by atoms with Crippen LogP contribution in [0.2, 0.25) is 0 Å². The molecular weight excluding hydrogens is 176 g/mol. The van der Waals surface area contributed by atoms with Gasteiger partial charge in [-0.3, -0.25) is 0 Å². The fourth-order valence-electron chi connectivity index (χ4n) is 2.15. The second-order valence-corrected chi connectivity index (χ2v) is 4.85. The maximum Gasteiger partial charge on any atom is 0.0270 e. The first-order valence-corrected chi connectivity index (χ1v) is 5.37. The Morgan fingerprint density at radius 1 is 1.50 bits per heavy atom. The molecule has 0 unspecified atom stereocenters. The van der Waals surface area contributed by atoms with Gasteiger partial charge < -0.3 is 4.90 Å². The number of hydrogen-bond donors (Lipinski definition) is 0. The summed E-state index contributed by atoms with van der Waals surface area (Å²) in [5, 5.41) is 3.55. The molecule has 0 radical (unpaired) electrons. The van der Waals surface area contributed by atoms with Crippen molar-refractivity contribution in [3.63, 3.8) is 0 Å². The predicted molar refractivity (Wildman–Crippen MR) is 58.1 cm³/mol. The Bertz CT molecular complexity index is 218. The molecule has 0 aromatic carbocycles. The zero-order chi connectivity index (χ0) is 10.4. The SMILES string of the molecule is CC1(C)CCCN(CCCN=[N+]=[N-])C1. The number of piperidine rings is 1. The largest absolute Gasteiger partial charge is 0.303 e. The second kappa shape index (κ2) is 5.23. The summed E-state index contributed by atoms with van der Waals surface area (Å²) in [6.07, 6.45) is 3.62. The summed E-state index contributed by atoms with van der Waals surface area (Å²) in [4.78, 5) is 5.24. The highest BCUT2D eigenvalue weighted by Crippen LogP contribution is 2.28. The van der Waals surface area contributed by atoms with Gasteiger partial charge in [0.05, 0.1) is 0 Å². The Kier molecular flexibility index (Phi) is 4.23. The van der Waals surface area contributed by atoms with Gasteiger partial charge in [-0.05, 0) is 43.3 Å². The van der Waals surface area contributed by atoms with E-state index in [1.54, 1.807) is 0 Å². The molecule has 1 saturated heterocycles. The van der Waals surface area contributed by atoms with Gasteiger partial charge >= 0.3 is 0 Å². The van der Waals surface area contributed by atoms with E-state index in [1.807, 2.05) is 0 Å². The van der Waals surface area contributed by atoms with Crippen molar-refractivity contribution in [1.82, 2.24) is 4.90 Å². The lowest BCUT2D eigenvalue weighted by Crippen LogP contribution is -2.40. The average molecular weight is 196 g/mol. The fourth-order valence-corrected chi connectivity index (χ4v) is 2.15. The van der Waals surface area contributed by atoms with E-state index in [0.717, 1.165) is 13.0 Å². The van der Waals surface area contributed by atoms with Crippen LogP contribution in [0.3, 0.4) is 0 Å². The lowest BCUT2D eigenvalue weighted by atomic mass is 9.84. The van der Waals surface area contributed by atoms with Gasteiger partial charge in [0.1, 0.15) is 0 Å². The minimum absolute atomic E-state index is 0.469. The van der Waals surface area contributed by atoms with Crippen LogP contribution in [-0.2, 0) is 0 Å². The Hall–Kier alpha value is -0.730. The zero-order valence-electron chi connectivity index (χ0n) is 9.24. The predicted octanol–water partition coefficient (Wildman–Crippen LogP) is 2.81. The molecule has 80 valence electrons. The van der Waals surface area contributed by atoms with Crippen molar-refractivity contribution < 1.29 is 0 Å². The van der Waals surface area contributed by atoms with E-state index in [-0.39, 0.29) is 0 Å². The molecule has 0 N–H and O–H groups in total. The van der Waals surface area contributed by atoms with Crippen molar-refractivity contribution in [3.8, 4) is 0 Å². The Morgan fingerprint density at radius 2 is 2.29 bits per heavy atom. The summed E-state index contributed by atoms with van der Waals surface area (Å²) < 4.78 is 0. The second-order valence-electron chi connectivity index (χ2n) is 4.85. The number of nitrogens with zero attached hydrogens (tertiary/aromatic N) is 4. The normalized spacial score (nSPS) is 21.6. The molecule has 0 aromatic heterocycles. The van der Waals surface area contributed by atoms with Crippen molar-refractivity contribution in [2.24, 2.45) is 10.5 Å². The molecule has 1 fully saturated rings. The Labute approximate surface area is 85.9 Å². The first-order valence-electron chi connectivity index (χ1n) is 5.37. The zero-order valence-corrected chi connectivity index (χ0v) is 9.24. The van der Waals surface area contributed by atoms with Crippen LogP contribution in [0.5, 0.6) is 0 Å². The van der Waals surface area contributed by atoms with E-state index >= 15 is 0 Å². The van der Waals surface area contributed by atoms with Crippen LogP contribution in [0.4, 0.5) is 0 Å². The minimum Gasteiger partial charge on any atom is -0.303 e. The molecule has 0 aromatic rings. The van der Waals surface area contributed by atoms with Crippen LogP contribution in [0.15, 0.2) is 5.11 Å². The topological polar surface area (TPSA) is 52.0 Å². The van der Waals surface area contributed by atoms with Crippen molar-refractivity contribution in [1.29, 1.82) is 0 Å². The lowest BCUT2D eigenvalue weighted by Gasteiger charge is -2.38. The molecule has 1 heterocycles. The summed E-state index contributed by atoms with van der Waals surface area (Å²) in [6.45, 7) is 8.75. The Balaban J connectivity index is 2.21. The summed E-state index contributed by atoms with van der Waals surface area (Å²) in [5.74, 6) is 0. The quantitative estimate of drug-likeness (QED) is 0.295. The molecule has 1 aliphatic heterocycles. The lowest BCUT2D eigenvalue weighted by molar-refractivity contribution is 0.117. The standard InChI is InChI=1S/C10H20N4/c1-10(2)5-3-7-14(9-10)8-4-6-12-13-11/h3-9H2,1-2H3. The van der Waals surface area contributed by atoms with Gasteiger partial charge in [-0.1, -0.05) is 19.0 Å². The number of likely N-dealkylation sites (tertiary alicyclic amines) is 1. The Morgan fingerprint density at radius 3 is 2.93 bits per heavy atom. The molecule has 0 amide bonds. The third-order valence-corrected chi connectivity index (χ3v) is 2.78. The maximum absolute atomic E-state index is 8.13. The maximum atomic E-state index is 8.13. The van der Waals surface area contributed by atoms with Gasteiger partial charge in [0.2, 0.25) is 0 Å². The van der Waals surface area contributed by atoms with Crippen LogP contribution in [0.1, 0.15) is 33.1 Å². The van der Waals surface area contributed by atoms with Crippen molar-refractivity contribution in [2.75, 3.05) is 26.2 Å². The number of azide groups is 1. The van der Waals surface area contributed by atoms with Gasteiger partial charge in [-0.2, -0.15) is 0 Å². The summed E-state index contributed by atoms with van der Waals surface area (Å²) in [5.41, 5.74) is 8.60. The van der Waals surface area contributed by atoms with E-state index in [4.69, 9.17) is 5.53 Å². The molecule has 1 aliphatic rings. The van der Waals surface area contributed by atoms with Crippen LogP contribution >= 0.6 is 0 Å². The monoisotopic (exact) mass is 196 g/mol. The highest BCUT2D eigenvalue weighted by Gasteiger charge is 2.25. The van der Waals surface area contributed by atoms with Gasteiger partial charge in [0.15, 0.2) is 0 Å². The molecule has 4 nitrogen and oxygen atoms in total. The van der Waals surface area contributed by atoms with Crippen LogP contribution < -0.4 is 0 Å². The van der Waals surface area contributed by atoms with E-state index in [1.165, 1.54) is 25.9 Å². The highest BCUT2D eigenvalue weighted by molar-refractivity contribution is 4.79. The summed E-state index contributed by atoms with van der Waals surface area (Å²) in [6, 6.07) is 0. The average Bonchev–Trinajstić information content (AvgIpc) is 2.11. The van der Waals surface area contributed by atoms with Gasteiger partial charge in [0.25, 0.3) is 0 Å².